The van der Waals surface area contributed by atoms with Gasteiger partial charge >= 0.3 is 5.97 Å². The molecule has 20 heavy (non-hydrogen) atoms. The van der Waals surface area contributed by atoms with Crippen molar-refractivity contribution < 1.29 is 13.9 Å². The number of methoxy groups -OCH3 is 1. The monoisotopic (exact) mass is 271 g/mol. The number of carbonyl (C=O) groups is 1. The van der Waals surface area contributed by atoms with Crippen LogP contribution in [0.15, 0.2) is 30.3 Å². The van der Waals surface area contributed by atoms with Crippen molar-refractivity contribution >= 4 is 17.6 Å². The standard InChI is InChI=1S/C16H14FNO2/c1-20-16(19)15-9-13-11(4-7-14(13)18-15)8-10-2-5-12(17)6-3-10/h2-3,5-6,8-9,18H,4,7H2,1H3/b11-8-. The van der Waals surface area contributed by atoms with Gasteiger partial charge in [0.1, 0.15) is 11.5 Å². The van der Waals surface area contributed by atoms with Gasteiger partial charge in [-0.15, -0.1) is 0 Å². The van der Waals surface area contributed by atoms with Crippen LogP contribution in [0, 0.1) is 5.82 Å². The summed E-state index contributed by atoms with van der Waals surface area (Å²) in [5, 5.41) is 0. The van der Waals surface area contributed by atoms with Crippen molar-refractivity contribution in [2.45, 2.75) is 12.8 Å². The Morgan fingerprint density at radius 3 is 2.75 bits per heavy atom. The molecule has 0 saturated carbocycles. The summed E-state index contributed by atoms with van der Waals surface area (Å²) in [5.74, 6) is -0.602. The molecule has 0 aliphatic heterocycles. The van der Waals surface area contributed by atoms with Gasteiger partial charge in [0.25, 0.3) is 0 Å². The van der Waals surface area contributed by atoms with Crippen LogP contribution in [0.5, 0.6) is 0 Å². The lowest BCUT2D eigenvalue weighted by Gasteiger charge is -1.99. The summed E-state index contributed by atoms with van der Waals surface area (Å²) < 4.78 is 17.6. The Balaban J connectivity index is 1.94. The minimum absolute atomic E-state index is 0.242. The highest BCUT2D eigenvalue weighted by Gasteiger charge is 2.21. The van der Waals surface area contributed by atoms with Crippen LogP contribution >= 0.6 is 0 Å². The first-order chi connectivity index (χ1) is 9.67. The van der Waals surface area contributed by atoms with Crippen molar-refractivity contribution in [2.24, 2.45) is 0 Å². The van der Waals surface area contributed by atoms with Crippen LogP contribution in [-0.2, 0) is 11.2 Å². The van der Waals surface area contributed by atoms with E-state index >= 15 is 0 Å². The average molecular weight is 271 g/mol. The van der Waals surface area contributed by atoms with Gasteiger partial charge in [0.15, 0.2) is 0 Å². The van der Waals surface area contributed by atoms with E-state index in [0.717, 1.165) is 35.2 Å². The van der Waals surface area contributed by atoms with Crippen molar-refractivity contribution in [3.63, 3.8) is 0 Å². The van der Waals surface area contributed by atoms with Crippen molar-refractivity contribution in [3.05, 3.63) is 58.7 Å². The highest BCUT2D eigenvalue weighted by Crippen LogP contribution is 2.34. The van der Waals surface area contributed by atoms with Crippen LogP contribution in [0.3, 0.4) is 0 Å². The average Bonchev–Trinajstić information content (AvgIpc) is 3.02. The highest BCUT2D eigenvalue weighted by atomic mass is 19.1. The van der Waals surface area contributed by atoms with Gasteiger partial charge in [-0.3, -0.25) is 0 Å². The summed E-state index contributed by atoms with van der Waals surface area (Å²) in [6, 6.07) is 8.20. The Morgan fingerprint density at radius 2 is 2.05 bits per heavy atom. The number of nitrogens with one attached hydrogen (secondary N) is 1. The third kappa shape index (κ3) is 2.25. The number of ether oxygens (including phenoxy) is 1. The van der Waals surface area contributed by atoms with Gasteiger partial charge in [0.05, 0.1) is 7.11 Å². The molecule has 1 heterocycles. The second kappa shape index (κ2) is 4.96. The third-order valence-electron chi connectivity index (χ3n) is 3.51. The molecule has 102 valence electrons. The first-order valence-electron chi connectivity index (χ1n) is 6.44. The normalized spacial score (nSPS) is 15.4. The van der Waals surface area contributed by atoms with E-state index < -0.39 is 0 Å². The number of allylic oxidation sites excluding steroid dienone is 1. The number of rotatable bonds is 2. The van der Waals surface area contributed by atoms with Gasteiger partial charge < -0.3 is 9.72 Å². The van der Waals surface area contributed by atoms with Gasteiger partial charge in [-0.05, 0) is 47.7 Å². The Kier molecular flexibility index (Phi) is 3.14. The van der Waals surface area contributed by atoms with Crippen molar-refractivity contribution in [1.82, 2.24) is 4.98 Å². The second-order valence-corrected chi connectivity index (χ2v) is 4.79. The number of carbonyl (C=O) groups excluding carboxylic acids is 1. The molecular formula is C16H14FNO2. The van der Waals surface area contributed by atoms with Crippen LogP contribution in [0.4, 0.5) is 4.39 Å². The largest absolute Gasteiger partial charge is 0.464 e. The van der Waals surface area contributed by atoms with E-state index in [0.29, 0.717) is 5.69 Å². The van der Waals surface area contributed by atoms with E-state index in [2.05, 4.69) is 4.98 Å². The lowest BCUT2D eigenvalue weighted by Crippen LogP contribution is -2.01. The maximum atomic E-state index is 12.9. The zero-order chi connectivity index (χ0) is 14.1. The molecule has 3 rings (SSSR count). The Hall–Kier alpha value is -2.36. The summed E-state index contributed by atoms with van der Waals surface area (Å²) >= 11 is 0. The van der Waals surface area contributed by atoms with Gasteiger partial charge in [0, 0.05) is 5.69 Å². The minimum Gasteiger partial charge on any atom is -0.464 e. The minimum atomic E-state index is -0.361. The zero-order valence-electron chi connectivity index (χ0n) is 11.1. The molecule has 4 heteroatoms. The molecule has 2 aromatic rings. The van der Waals surface area contributed by atoms with Crippen LogP contribution in [0.25, 0.3) is 11.6 Å². The van der Waals surface area contributed by atoms with Crippen LogP contribution in [0.2, 0.25) is 0 Å². The molecule has 0 saturated heterocycles. The molecular weight excluding hydrogens is 257 g/mol. The number of aryl methyl sites for hydroxylation is 1. The number of aromatic amines is 1. The molecule has 0 radical (unpaired) electrons. The molecule has 0 unspecified atom stereocenters. The fraction of sp³-hybridized carbons (Fsp3) is 0.188. The molecule has 1 aliphatic carbocycles. The van der Waals surface area contributed by atoms with E-state index in [4.69, 9.17) is 4.74 Å². The quantitative estimate of drug-likeness (QED) is 0.850. The smallest absolute Gasteiger partial charge is 0.354 e. The fourth-order valence-corrected chi connectivity index (χ4v) is 2.51. The molecule has 0 atom stereocenters. The number of aromatic nitrogens is 1. The van der Waals surface area contributed by atoms with Gasteiger partial charge in [-0.2, -0.15) is 0 Å². The van der Waals surface area contributed by atoms with E-state index in [-0.39, 0.29) is 11.8 Å². The first kappa shape index (κ1) is 12.7. The molecule has 0 fully saturated rings. The summed E-state index contributed by atoms with van der Waals surface area (Å²) in [7, 11) is 1.36. The first-order valence-corrected chi connectivity index (χ1v) is 6.44. The highest BCUT2D eigenvalue weighted by molar-refractivity contribution is 5.92. The number of benzene rings is 1. The molecule has 1 aliphatic rings. The summed E-state index contributed by atoms with van der Waals surface area (Å²) in [6.45, 7) is 0. The van der Waals surface area contributed by atoms with E-state index in [1.165, 1.54) is 19.2 Å². The molecule has 1 N–H and O–H groups in total. The fourth-order valence-electron chi connectivity index (χ4n) is 2.51. The molecule has 0 spiro atoms. The maximum absolute atomic E-state index is 12.9. The molecule has 1 aromatic carbocycles. The SMILES string of the molecule is COC(=O)c1cc2c([nH]1)CC/C2=C/c1ccc(F)cc1. The van der Waals surface area contributed by atoms with E-state index in [9.17, 15) is 9.18 Å². The summed E-state index contributed by atoms with van der Waals surface area (Å²) in [6.07, 6.45) is 3.82. The van der Waals surface area contributed by atoms with Crippen LogP contribution in [-0.4, -0.2) is 18.1 Å². The van der Waals surface area contributed by atoms with Crippen molar-refractivity contribution in [3.8, 4) is 0 Å². The predicted octanol–water partition coefficient (Wildman–Crippen LogP) is 3.43. The predicted molar refractivity (Wildman–Crippen MR) is 74.7 cm³/mol. The molecule has 3 nitrogen and oxygen atoms in total. The third-order valence-corrected chi connectivity index (χ3v) is 3.51. The van der Waals surface area contributed by atoms with E-state index in [1.807, 2.05) is 12.1 Å². The Bertz CT molecular complexity index is 683. The summed E-state index contributed by atoms with van der Waals surface area (Å²) in [4.78, 5) is 14.6. The topological polar surface area (TPSA) is 42.1 Å². The Labute approximate surface area is 116 Å². The lowest BCUT2D eigenvalue weighted by atomic mass is 10.1. The van der Waals surface area contributed by atoms with E-state index in [1.54, 1.807) is 12.1 Å². The van der Waals surface area contributed by atoms with Crippen LogP contribution < -0.4 is 0 Å². The number of esters is 1. The number of fused-ring (bicyclic) bond motifs is 1. The summed E-state index contributed by atoms with van der Waals surface area (Å²) in [5.41, 5.74) is 4.68. The number of hydrogen-bond acceptors (Lipinski definition) is 2. The lowest BCUT2D eigenvalue weighted by molar-refractivity contribution is 0.0594. The Morgan fingerprint density at radius 1 is 1.30 bits per heavy atom. The van der Waals surface area contributed by atoms with Crippen molar-refractivity contribution in [2.75, 3.05) is 7.11 Å². The zero-order valence-corrected chi connectivity index (χ0v) is 11.1. The second-order valence-electron chi connectivity index (χ2n) is 4.79. The van der Waals surface area contributed by atoms with Gasteiger partial charge in [0.2, 0.25) is 0 Å². The molecule has 0 bridgehead atoms. The molecule has 1 aromatic heterocycles. The van der Waals surface area contributed by atoms with Crippen molar-refractivity contribution in [1.29, 1.82) is 0 Å². The number of hydrogen-bond donors (Lipinski definition) is 1. The maximum Gasteiger partial charge on any atom is 0.354 e. The number of halogens is 1. The van der Waals surface area contributed by atoms with Gasteiger partial charge in [-0.1, -0.05) is 18.2 Å². The molecule has 0 amide bonds. The van der Waals surface area contributed by atoms with Crippen LogP contribution in [0.1, 0.15) is 33.7 Å². The number of H-pyrrole nitrogens is 1. The van der Waals surface area contributed by atoms with Gasteiger partial charge in [-0.25, -0.2) is 9.18 Å².